The molecule has 0 N–H and O–H groups in total. The van der Waals surface area contributed by atoms with E-state index >= 15 is 0 Å². The zero-order valence-corrected chi connectivity index (χ0v) is 13.2. The summed E-state index contributed by atoms with van der Waals surface area (Å²) in [5.41, 5.74) is 4.49. The number of ether oxygens (including phenoxy) is 1. The van der Waals surface area contributed by atoms with Crippen LogP contribution in [0.2, 0.25) is 0 Å². The van der Waals surface area contributed by atoms with Crippen molar-refractivity contribution >= 4 is 15.9 Å². The molecular weight excluding hydrogens is 304 g/mol. The molecule has 0 spiro atoms. The molecule has 1 aromatic carbocycles. The van der Waals surface area contributed by atoms with E-state index in [-0.39, 0.29) is 0 Å². The van der Waals surface area contributed by atoms with Crippen molar-refractivity contribution in [3.63, 3.8) is 0 Å². The summed E-state index contributed by atoms with van der Waals surface area (Å²) in [4.78, 5) is 0. The molecule has 102 valence electrons. The van der Waals surface area contributed by atoms with Gasteiger partial charge in [0.1, 0.15) is 12.4 Å². The second-order valence-corrected chi connectivity index (χ2v) is 5.14. The third kappa shape index (κ3) is 3.18. The first-order valence-corrected chi connectivity index (χ1v) is 7.58. The second kappa shape index (κ2) is 6.24. The van der Waals surface area contributed by atoms with Crippen LogP contribution in [0.4, 0.5) is 0 Å². The summed E-state index contributed by atoms with van der Waals surface area (Å²) < 4.78 is 8.00. The standard InChI is InChI=1S/C15H19BrN2O/c1-4-18-14(8-12(3)17-18)10-19-15-11(2)6-5-7-13(15)9-16/h5-8H,4,9-10H2,1-3H3. The van der Waals surface area contributed by atoms with E-state index in [2.05, 4.69) is 59.1 Å². The van der Waals surface area contributed by atoms with Gasteiger partial charge in [-0.05, 0) is 32.4 Å². The normalized spacial score (nSPS) is 10.7. The van der Waals surface area contributed by atoms with Crippen molar-refractivity contribution in [3.8, 4) is 5.75 Å². The molecule has 4 heteroatoms. The zero-order valence-electron chi connectivity index (χ0n) is 11.6. The number of aromatic nitrogens is 2. The van der Waals surface area contributed by atoms with Crippen LogP contribution in [0.3, 0.4) is 0 Å². The van der Waals surface area contributed by atoms with Crippen LogP contribution in [-0.2, 0) is 18.5 Å². The number of hydrogen-bond acceptors (Lipinski definition) is 2. The molecule has 0 amide bonds. The van der Waals surface area contributed by atoms with E-state index < -0.39 is 0 Å². The molecule has 0 saturated carbocycles. The Kier molecular flexibility index (Phi) is 4.64. The third-order valence-corrected chi connectivity index (χ3v) is 3.69. The van der Waals surface area contributed by atoms with E-state index in [9.17, 15) is 0 Å². The average molecular weight is 323 g/mol. The Morgan fingerprint density at radius 2 is 2.11 bits per heavy atom. The van der Waals surface area contributed by atoms with Gasteiger partial charge >= 0.3 is 0 Å². The van der Waals surface area contributed by atoms with Crippen molar-refractivity contribution in [1.29, 1.82) is 0 Å². The van der Waals surface area contributed by atoms with Gasteiger partial charge in [-0.15, -0.1) is 0 Å². The number of para-hydroxylation sites is 1. The highest BCUT2D eigenvalue weighted by Gasteiger charge is 2.09. The molecule has 0 radical (unpaired) electrons. The number of rotatable bonds is 5. The smallest absolute Gasteiger partial charge is 0.130 e. The first-order chi connectivity index (χ1) is 9.15. The molecule has 0 bridgehead atoms. The Morgan fingerprint density at radius 3 is 2.79 bits per heavy atom. The maximum atomic E-state index is 6.01. The summed E-state index contributed by atoms with van der Waals surface area (Å²) in [5, 5.41) is 5.24. The number of halogens is 1. The molecule has 0 aliphatic carbocycles. The van der Waals surface area contributed by atoms with Gasteiger partial charge in [0.05, 0.1) is 11.4 Å². The largest absolute Gasteiger partial charge is 0.487 e. The molecule has 0 atom stereocenters. The van der Waals surface area contributed by atoms with E-state index in [1.54, 1.807) is 0 Å². The van der Waals surface area contributed by atoms with Gasteiger partial charge in [-0.2, -0.15) is 5.10 Å². The lowest BCUT2D eigenvalue weighted by molar-refractivity contribution is 0.288. The molecule has 1 heterocycles. The topological polar surface area (TPSA) is 27.1 Å². The highest BCUT2D eigenvalue weighted by molar-refractivity contribution is 9.08. The first kappa shape index (κ1) is 14.1. The Hall–Kier alpha value is -1.29. The first-order valence-electron chi connectivity index (χ1n) is 6.46. The van der Waals surface area contributed by atoms with Crippen LogP contribution in [0.1, 0.15) is 29.4 Å². The molecule has 0 aliphatic heterocycles. The van der Waals surface area contributed by atoms with Crippen molar-refractivity contribution in [3.05, 3.63) is 46.8 Å². The molecule has 1 aromatic heterocycles. The Balaban J connectivity index is 2.18. The highest BCUT2D eigenvalue weighted by Crippen LogP contribution is 2.26. The van der Waals surface area contributed by atoms with Crippen LogP contribution in [0.25, 0.3) is 0 Å². The lowest BCUT2D eigenvalue weighted by atomic mass is 10.1. The molecule has 3 nitrogen and oxygen atoms in total. The van der Waals surface area contributed by atoms with E-state index in [1.807, 2.05) is 11.6 Å². The molecule has 19 heavy (non-hydrogen) atoms. The van der Waals surface area contributed by atoms with Crippen molar-refractivity contribution in [2.45, 2.75) is 39.3 Å². The number of hydrogen-bond donors (Lipinski definition) is 0. The van der Waals surface area contributed by atoms with E-state index in [0.717, 1.165) is 34.6 Å². The van der Waals surface area contributed by atoms with E-state index in [1.165, 1.54) is 5.56 Å². The fourth-order valence-corrected chi connectivity index (χ4v) is 2.60. The van der Waals surface area contributed by atoms with Crippen molar-refractivity contribution in [2.24, 2.45) is 0 Å². The van der Waals surface area contributed by atoms with Crippen LogP contribution >= 0.6 is 15.9 Å². The summed E-state index contributed by atoms with van der Waals surface area (Å²) in [6.45, 7) is 7.59. The monoisotopic (exact) mass is 322 g/mol. The summed E-state index contributed by atoms with van der Waals surface area (Å²) in [6.07, 6.45) is 0. The van der Waals surface area contributed by atoms with Crippen LogP contribution < -0.4 is 4.74 Å². The molecule has 0 aliphatic rings. The summed E-state index contributed by atoms with van der Waals surface area (Å²) in [6, 6.07) is 8.29. The minimum atomic E-state index is 0.555. The lowest BCUT2D eigenvalue weighted by Gasteiger charge is -2.13. The maximum absolute atomic E-state index is 6.01. The van der Waals surface area contributed by atoms with Crippen molar-refractivity contribution < 1.29 is 4.74 Å². The third-order valence-electron chi connectivity index (χ3n) is 3.09. The molecule has 0 fully saturated rings. The van der Waals surface area contributed by atoms with Gasteiger partial charge in [0.2, 0.25) is 0 Å². The molecule has 0 saturated heterocycles. The molecule has 2 rings (SSSR count). The quantitative estimate of drug-likeness (QED) is 0.778. The minimum absolute atomic E-state index is 0.555. The van der Waals surface area contributed by atoms with Gasteiger partial charge in [-0.1, -0.05) is 34.1 Å². The minimum Gasteiger partial charge on any atom is -0.487 e. The second-order valence-electron chi connectivity index (χ2n) is 4.58. The number of benzene rings is 1. The molecular formula is C15H19BrN2O. The Morgan fingerprint density at radius 1 is 1.32 bits per heavy atom. The van der Waals surface area contributed by atoms with Gasteiger partial charge in [-0.3, -0.25) is 4.68 Å². The van der Waals surface area contributed by atoms with E-state index in [4.69, 9.17) is 4.74 Å². The summed E-state index contributed by atoms with van der Waals surface area (Å²) >= 11 is 3.50. The van der Waals surface area contributed by atoms with Gasteiger partial charge in [0, 0.05) is 17.4 Å². The fraction of sp³-hybridized carbons (Fsp3) is 0.400. The van der Waals surface area contributed by atoms with Crippen molar-refractivity contribution in [1.82, 2.24) is 9.78 Å². The Labute approximate surface area is 122 Å². The average Bonchev–Trinajstić information content (AvgIpc) is 2.77. The lowest BCUT2D eigenvalue weighted by Crippen LogP contribution is -2.07. The predicted octanol–water partition coefficient (Wildman–Crippen LogP) is 3.99. The number of alkyl halides is 1. The molecule has 2 aromatic rings. The van der Waals surface area contributed by atoms with Crippen LogP contribution in [0.5, 0.6) is 5.75 Å². The predicted molar refractivity (Wildman–Crippen MR) is 80.8 cm³/mol. The van der Waals surface area contributed by atoms with Crippen LogP contribution in [0, 0.1) is 13.8 Å². The van der Waals surface area contributed by atoms with Gasteiger partial charge in [-0.25, -0.2) is 0 Å². The van der Waals surface area contributed by atoms with Crippen molar-refractivity contribution in [2.75, 3.05) is 0 Å². The Bertz CT molecular complexity index is 563. The van der Waals surface area contributed by atoms with Gasteiger partial charge in [0.15, 0.2) is 0 Å². The number of aryl methyl sites for hydroxylation is 3. The summed E-state index contributed by atoms with van der Waals surface area (Å²) in [5.74, 6) is 0.973. The van der Waals surface area contributed by atoms with Crippen LogP contribution in [0.15, 0.2) is 24.3 Å². The van der Waals surface area contributed by atoms with Crippen LogP contribution in [-0.4, -0.2) is 9.78 Å². The summed E-state index contributed by atoms with van der Waals surface area (Å²) in [7, 11) is 0. The SMILES string of the molecule is CCn1nc(C)cc1COc1c(C)cccc1CBr. The number of nitrogens with zero attached hydrogens (tertiary/aromatic N) is 2. The maximum Gasteiger partial charge on any atom is 0.130 e. The van der Waals surface area contributed by atoms with E-state index in [0.29, 0.717) is 6.61 Å². The van der Waals surface area contributed by atoms with Gasteiger partial charge in [0.25, 0.3) is 0 Å². The van der Waals surface area contributed by atoms with Gasteiger partial charge < -0.3 is 4.74 Å². The molecule has 0 unspecified atom stereocenters. The fourth-order valence-electron chi connectivity index (χ4n) is 2.16. The zero-order chi connectivity index (χ0) is 13.8. The highest BCUT2D eigenvalue weighted by atomic mass is 79.9.